The number of nitrogens with zero attached hydrogens (tertiary/aromatic N) is 1. The summed E-state index contributed by atoms with van der Waals surface area (Å²) in [6.07, 6.45) is 2.00. The second-order valence-corrected chi connectivity index (χ2v) is 4.71. The molecule has 0 unspecified atom stereocenters. The van der Waals surface area contributed by atoms with E-state index < -0.39 is 5.97 Å². The predicted molar refractivity (Wildman–Crippen MR) is 71.5 cm³/mol. The Kier molecular flexibility index (Phi) is 4.68. The highest BCUT2D eigenvalue weighted by Gasteiger charge is 2.24. The Bertz CT molecular complexity index is 498. The largest absolute Gasteiger partial charge is 0.464 e. The fourth-order valence-electron chi connectivity index (χ4n) is 2.15. The SMILES string of the molecule is COC(=O)c1cccc(C(=O)N[C@H](C)[C@@H]2CCCO2)n1. The first-order chi connectivity index (χ1) is 9.61. The van der Waals surface area contributed by atoms with Gasteiger partial charge in [-0.15, -0.1) is 0 Å². The molecule has 1 N–H and O–H groups in total. The zero-order valence-corrected chi connectivity index (χ0v) is 11.6. The second kappa shape index (κ2) is 6.47. The summed E-state index contributed by atoms with van der Waals surface area (Å²) in [5.41, 5.74) is 0.308. The molecule has 0 saturated carbocycles. The van der Waals surface area contributed by atoms with Crippen molar-refractivity contribution in [3.63, 3.8) is 0 Å². The number of carbonyl (C=O) groups excluding carboxylic acids is 2. The summed E-state index contributed by atoms with van der Waals surface area (Å²) in [5, 5.41) is 2.84. The molecule has 2 rings (SSSR count). The van der Waals surface area contributed by atoms with E-state index >= 15 is 0 Å². The Labute approximate surface area is 117 Å². The molecule has 0 spiro atoms. The topological polar surface area (TPSA) is 77.5 Å². The van der Waals surface area contributed by atoms with Crippen LogP contribution in [0.2, 0.25) is 0 Å². The van der Waals surface area contributed by atoms with E-state index in [1.165, 1.54) is 13.2 Å². The summed E-state index contributed by atoms with van der Waals surface area (Å²) in [6.45, 7) is 2.64. The molecule has 2 heterocycles. The van der Waals surface area contributed by atoms with E-state index in [1.54, 1.807) is 12.1 Å². The minimum absolute atomic E-state index is 0.0442. The monoisotopic (exact) mass is 278 g/mol. The van der Waals surface area contributed by atoms with Crippen molar-refractivity contribution in [1.82, 2.24) is 10.3 Å². The van der Waals surface area contributed by atoms with E-state index in [4.69, 9.17) is 4.74 Å². The van der Waals surface area contributed by atoms with Crippen molar-refractivity contribution in [1.29, 1.82) is 0 Å². The van der Waals surface area contributed by atoms with Crippen LogP contribution >= 0.6 is 0 Å². The van der Waals surface area contributed by atoms with E-state index in [-0.39, 0.29) is 29.4 Å². The Morgan fingerprint density at radius 1 is 1.45 bits per heavy atom. The van der Waals surface area contributed by atoms with Gasteiger partial charge in [0.1, 0.15) is 11.4 Å². The van der Waals surface area contributed by atoms with Gasteiger partial charge >= 0.3 is 5.97 Å². The smallest absolute Gasteiger partial charge is 0.356 e. The zero-order chi connectivity index (χ0) is 14.5. The third kappa shape index (κ3) is 3.33. The molecular formula is C14H18N2O4. The third-order valence-electron chi connectivity index (χ3n) is 3.26. The van der Waals surface area contributed by atoms with Crippen LogP contribution in [0.5, 0.6) is 0 Å². The van der Waals surface area contributed by atoms with E-state index in [9.17, 15) is 9.59 Å². The number of nitrogens with one attached hydrogen (secondary N) is 1. The van der Waals surface area contributed by atoms with Crippen molar-refractivity contribution in [3.05, 3.63) is 29.6 Å². The molecular weight excluding hydrogens is 260 g/mol. The molecule has 6 nitrogen and oxygen atoms in total. The lowest BCUT2D eigenvalue weighted by molar-refractivity contribution is 0.0593. The molecule has 1 fully saturated rings. The van der Waals surface area contributed by atoms with Crippen LogP contribution in [-0.4, -0.2) is 42.7 Å². The molecule has 0 aromatic carbocycles. The second-order valence-electron chi connectivity index (χ2n) is 4.71. The number of hydrogen-bond donors (Lipinski definition) is 1. The standard InChI is InChI=1S/C14H18N2O4/c1-9(12-7-4-8-20-12)15-13(17)10-5-3-6-11(16-10)14(18)19-2/h3,5-6,9,12H,4,7-8H2,1-2H3,(H,15,17)/t9-,12+/m1/s1. The fourth-order valence-corrected chi connectivity index (χ4v) is 2.15. The molecule has 1 aromatic rings. The highest BCUT2D eigenvalue weighted by atomic mass is 16.5. The van der Waals surface area contributed by atoms with Gasteiger partial charge in [0, 0.05) is 6.61 Å². The van der Waals surface area contributed by atoms with Crippen LogP contribution in [-0.2, 0) is 9.47 Å². The van der Waals surface area contributed by atoms with Crippen molar-refractivity contribution in [2.45, 2.75) is 31.9 Å². The van der Waals surface area contributed by atoms with Crippen LogP contribution in [0.1, 0.15) is 40.7 Å². The summed E-state index contributed by atoms with van der Waals surface area (Å²) >= 11 is 0. The Morgan fingerprint density at radius 3 is 2.85 bits per heavy atom. The van der Waals surface area contributed by atoms with Gasteiger partial charge in [-0.3, -0.25) is 4.79 Å². The summed E-state index contributed by atoms with van der Waals surface area (Å²) in [6, 6.07) is 4.58. The minimum Gasteiger partial charge on any atom is -0.464 e. The summed E-state index contributed by atoms with van der Waals surface area (Å²) in [4.78, 5) is 27.5. The number of amides is 1. The molecule has 20 heavy (non-hydrogen) atoms. The van der Waals surface area contributed by atoms with Gasteiger partial charge < -0.3 is 14.8 Å². The number of rotatable bonds is 4. The summed E-state index contributed by atoms with van der Waals surface area (Å²) < 4.78 is 10.1. The van der Waals surface area contributed by atoms with Crippen molar-refractivity contribution in [2.24, 2.45) is 0 Å². The molecule has 2 atom stereocenters. The molecule has 108 valence electrons. The van der Waals surface area contributed by atoms with Gasteiger partial charge in [-0.2, -0.15) is 0 Å². The molecule has 0 bridgehead atoms. The fraction of sp³-hybridized carbons (Fsp3) is 0.500. The van der Waals surface area contributed by atoms with Gasteiger partial charge in [0.05, 0.1) is 19.3 Å². The average Bonchev–Trinajstić information content (AvgIpc) is 3.00. The zero-order valence-electron chi connectivity index (χ0n) is 11.6. The van der Waals surface area contributed by atoms with Crippen LogP contribution in [0.4, 0.5) is 0 Å². The van der Waals surface area contributed by atoms with Gasteiger partial charge in [-0.25, -0.2) is 9.78 Å². The lowest BCUT2D eigenvalue weighted by Crippen LogP contribution is -2.41. The van der Waals surface area contributed by atoms with Crippen LogP contribution < -0.4 is 5.32 Å². The molecule has 1 aromatic heterocycles. The molecule has 1 amide bonds. The maximum atomic E-state index is 12.1. The van der Waals surface area contributed by atoms with Crippen molar-refractivity contribution < 1.29 is 19.1 Å². The van der Waals surface area contributed by atoms with E-state index in [1.807, 2.05) is 6.92 Å². The Balaban J connectivity index is 2.03. The maximum Gasteiger partial charge on any atom is 0.356 e. The number of esters is 1. The summed E-state index contributed by atoms with van der Waals surface area (Å²) in [7, 11) is 1.27. The predicted octanol–water partition coefficient (Wildman–Crippen LogP) is 1.17. The van der Waals surface area contributed by atoms with Gasteiger partial charge in [-0.05, 0) is 31.9 Å². The van der Waals surface area contributed by atoms with Gasteiger partial charge in [0.2, 0.25) is 0 Å². The number of methoxy groups -OCH3 is 1. The first-order valence-corrected chi connectivity index (χ1v) is 6.59. The lowest BCUT2D eigenvalue weighted by Gasteiger charge is -2.19. The number of ether oxygens (including phenoxy) is 2. The third-order valence-corrected chi connectivity index (χ3v) is 3.26. The molecule has 6 heteroatoms. The number of hydrogen-bond acceptors (Lipinski definition) is 5. The molecule has 1 saturated heterocycles. The molecule has 0 radical (unpaired) electrons. The summed E-state index contributed by atoms with van der Waals surface area (Å²) in [5.74, 6) is -0.884. The molecule has 0 aliphatic carbocycles. The van der Waals surface area contributed by atoms with Crippen LogP contribution in [0.15, 0.2) is 18.2 Å². The number of carbonyl (C=O) groups is 2. The number of pyridine rings is 1. The van der Waals surface area contributed by atoms with Crippen LogP contribution in [0.3, 0.4) is 0 Å². The van der Waals surface area contributed by atoms with Gasteiger partial charge in [0.15, 0.2) is 0 Å². The van der Waals surface area contributed by atoms with E-state index in [2.05, 4.69) is 15.0 Å². The Hall–Kier alpha value is -1.95. The Morgan fingerprint density at radius 2 is 2.20 bits per heavy atom. The van der Waals surface area contributed by atoms with Crippen molar-refractivity contribution in [2.75, 3.05) is 13.7 Å². The first kappa shape index (κ1) is 14.5. The molecule has 1 aliphatic rings. The average molecular weight is 278 g/mol. The van der Waals surface area contributed by atoms with Crippen molar-refractivity contribution in [3.8, 4) is 0 Å². The highest BCUT2D eigenvalue weighted by Crippen LogP contribution is 2.15. The van der Waals surface area contributed by atoms with E-state index in [0.717, 1.165) is 19.4 Å². The lowest BCUT2D eigenvalue weighted by atomic mass is 10.1. The normalized spacial score (nSPS) is 19.4. The highest BCUT2D eigenvalue weighted by molar-refractivity contribution is 5.94. The van der Waals surface area contributed by atoms with Crippen LogP contribution in [0, 0.1) is 0 Å². The van der Waals surface area contributed by atoms with Gasteiger partial charge in [-0.1, -0.05) is 6.07 Å². The number of aromatic nitrogens is 1. The maximum absolute atomic E-state index is 12.1. The van der Waals surface area contributed by atoms with Gasteiger partial charge in [0.25, 0.3) is 5.91 Å². The minimum atomic E-state index is -0.563. The first-order valence-electron chi connectivity index (χ1n) is 6.59. The molecule has 1 aliphatic heterocycles. The van der Waals surface area contributed by atoms with Crippen molar-refractivity contribution >= 4 is 11.9 Å². The quantitative estimate of drug-likeness (QED) is 0.836. The van der Waals surface area contributed by atoms with E-state index in [0.29, 0.717) is 0 Å². The van der Waals surface area contributed by atoms with Crippen LogP contribution in [0.25, 0.3) is 0 Å².